The quantitative estimate of drug-likeness (QED) is 0.434. The van der Waals surface area contributed by atoms with Crippen LogP contribution in [-0.2, 0) is 16.1 Å². The number of hydrogen-bond acceptors (Lipinski definition) is 7. The second-order valence-electron chi connectivity index (χ2n) is 5.38. The summed E-state index contributed by atoms with van der Waals surface area (Å²) < 4.78 is 15.1. The molecule has 0 atom stereocenters. The summed E-state index contributed by atoms with van der Waals surface area (Å²) in [4.78, 5) is 35.8. The van der Waals surface area contributed by atoms with Crippen LogP contribution in [0, 0.1) is 10.1 Å². The van der Waals surface area contributed by atoms with Crippen LogP contribution in [0.4, 0.5) is 16.2 Å². The van der Waals surface area contributed by atoms with Crippen molar-refractivity contribution in [3.8, 4) is 5.75 Å². The zero-order valence-electron chi connectivity index (χ0n) is 15.0. The lowest BCUT2D eigenvalue weighted by Crippen LogP contribution is -2.27. The highest BCUT2D eigenvalue weighted by Crippen LogP contribution is 2.26. The van der Waals surface area contributed by atoms with E-state index in [4.69, 9.17) is 9.47 Å². The molecule has 0 aliphatic rings. The van der Waals surface area contributed by atoms with Gasteiger partial charge in [-0.25, -0.2) is 9.59 Å². The highest BCUT2D eigenvalue weighted by atomic mass is 16.6. The van der Waals surface area contributed by atoms with Crippen LogP contribution in [0.3, 0.4) is 0 Å². The van der Waals surface area contributed by atoms with Crippen LogP contribution in [0.15, 0.2) is 42.5 Å². The normalized spacial score (nSPS) is 10.0. The minimum Gasteiger partial charge on any atom is -0.496 e. The predicted molar refractivity (Wildman–Crippen MR) is 96.0 cm³/mol. The third-order valence-corrected chi connectivity index (χ3v) is 3.77. The number of hydrogen-bond donors (Lipinski definition) is 0. The van der Waals surface area contributed by atoms with Crippen molar-refractivity contribution in [2.45, 2.75) is 6.61 Å². The molecule has 27 heavy (non-hydrogen) atoms. The van der Waals surface area contributed by atoms with Gasteiger partial charge in [-0.05, 0) is 18.2 Å². The van der Waals surface area contributed by atoms with Crippen LogP contribution in [0.25, 0.3) is 0 Å². The molecule has 0 fully saturated rings. The number of anilines is 1. The Bertz CT molecular complexity index is 867. The molecule has 142 valence electrons. The van der Waals surface area contributed by atoms with Gasteiger partial charge in [0.25, 0.3) is 5.69 Å². The van der Waals surface area contributed by atoms with Gasteiger partial charge in [0.05, 0.1) is 30.4 Å². The monoisotopic (exact) mass is 374 g/mol. The van der Waals surface area contributed by atoms with Crippen LogP contribution in [0.1, 0.15) is 15.9 Å². The maximum absolute atomic E-state index is 12.5. The smallest absolute Gasteiger partial charge is 0.413 e. The summed E-state index contributed by atoms with van der Waals surface area (Å²) in [5.74, 6) is -0.344. The van der Waals surface area contributed by atoms with E-state index in [9.17, 15) is 19.7 Å². The van der Waals surface area contributed by atoms with Crippen LogP contribution in [0.5, 0.6) is 5.75 Å². The Labute approximate surface area is 155 Å². The second-order valence-corrected chi connectivity index (χ2v) is 5.38. The number of carbonyl (C=O) groups excluding carboxylic acids is 2. The first-order valence-corrected chi connectivity index (χ1v) is 7.78. The van der Waals surface area contributed by atoms with E-state index in [1.54, 1.807) is 18.2 Å². The first-order chi connectivity index (χ1) is 12.9. The number of nitro groups is 1. The Morgan fingerprint density at radius 3 is 2.48 bits per heavy atom. The van der Waals surface area contributed by atoms with Crippen molar-refractivity contribution in [2.75, 3.05) is 26.2 Å². The zero-order valence-corrected chi connectivity index (χ0v) is 15.0. The summed E-state index contributed by atoms with van der Waals surface area (Å²) >= 11 is 0. The average molecular weight is 374 g/mol. The van der Waals surface area contributed by atoms with Crippen molar-refractivity contribution < 1.29 is 28.7 Å². The molecule has 1 amide bonds. The van der Waals surface area contributed by atoms with E-state index in [0.717, 1.165) is 0 Å². The van der Waals surface area contributed by atoms with Crippen molar-refractivity contribution in [2.24, 2.45) is 0 Å². The third kappa shape index (κ3) is 4.51. The maximum Gasteiger partial charge on any atom is 0.413 e. The fourth-order valence-corrected chi connectivity index (χ4v) is 2.39. The topological polar surface area (TPSA) is 108 Å². The standard InChI is InChI=1S/C18H18N2O7/c1-19(18(22)26-3)15-7-5-4-6-14(15)17(21)27-11-12-10-13(20(23)24)8-9-16(12)25-2/h4-10H,11H2,1-3H3. The van der Waals surface area contributed by atoms with Crippen LogP contribution in [0.2, 0.25) is 0 Å². The summed E-state index contributed by atoms with van der Waals surface area (Å²) in [5.41, 5.74) is 0.654. The van der Waals surface area contributed by atoms with Gasteiger partial charge in [0.1, 0.15) is 12.4 Å². The summed E-state index contributed by atoms with van der Waals surface area (Å²) in [6, 6.07) is 10.4. The minimum atomic E-state index is -0.699. The number of carbonyl (C=O) groups is 2. The molecule has 0 saturated heterocycles. The van der Waals surface area contributed by atoms with Crippen LogP contribution in [-0.4, -0.2) is 38.3 Å². The molecular weight excluding hydrogens is 356 g/mol. The van der Waals surface area contributed by atoms with Gasteiger partial charge < -0.3 is 14.2 Å². The lowest BCUT2D eigenvalue weighted by atomic mass is 10.1. The fourth-order valence-electron chi connectivity index (χ4n) is 2.39. The van der Waals surface area contributed by atoms with E-state index < -0.39 is 17.0 Å². The number of benzene rings is 2. The third-order valence-electron chi connectivity index (χ3n) is 3.77. The van der Waals surface area contributed by atoms with Gasteiger partial charge in [-0.1, -0.05) is 12.1 Å². The number of nitro benzene ring substituents is 1. The highest BCUT2D eigenvalue weighted by Gasteiger charge is 2.20. The Morgan fingerprint density at radius 2 is 1.85 bits per heavy atom. The van der Waals surface area contributed by atoms with E-state index in [1.165, 1.54) is 50.4 Å². The van der Waals surface area contributed by atoms with E-state index in [0.29, 0.717) is 17.0 Å². The number of amides is 1. The Balaban J connectivity index is 2.23. The molecule has 0 aliphatic heterocycles. The molecule has 2 aromatic rings. The number of ether oxygens (including phenoxy) is 3. The van der Waals surface area contributed by atoms with Gasteiger partial charge in [0.15, 0.2) is 0 Å². The minimum absolute atomic E-state index is 0.146. The van der Waals surface area contributed by atoms with E-state index in [-0.39, 0.29) is 17.9 Å². The first-order valence-electron chi connectivity index (χ1n) is 7.78. The van der Waals surface area contributed by atoms with Gasteiger partial charge in [0, 0.05) is 24.7 Å². The molecule has 0 unspecified atom stereocenters. The lowest BCUT2D eigenvalue weighted by molar-refractivity contribution is -0.385. The van der Waals surface area contributed by atoms with Gasteiger partial charge in [0.2, 0.25) is 0 Å². The van der Waals surface area contributed by atoms with Crippen molar-refractivity contribution >= 4 is 23.4 Å². The zero-order chi connectivity index (χ0) is 20.0. The highest BCUT2D eigenvalue weighted by molar-refractivity contribution is 6.00. The number of rotatable bonds is 6. The van der Waals surface area contributed by atoms with Gasteiger partial charge >= 0.3 is 12.1 Å². The molecule has 0 aliphatic carbocycles. The largest absolute Gasteiger partial charge is 0.496 e. The molecular formula is C18H18N2O7. The number of non-ortho nitro benzene ring substituents is 1. The summed E-state index contributed by atoms with van der Waals surface area (Å²) in [5, 5.41) is 10.9. The lowest BCUT2D eigenvalue weighted by Gasteiger charge is -2.18. The molecule has 2 rings (SSSR count). The number of nitrogens with zero attached hydrogens (tertiary/aromatic N) is 2. The summed E-state index contributed by atoms with van der Waals surface area (Å²) in [7, 11) is 4.10. The molecule has 0 aromatic heterocycles. The van der Waals surface area contributed by atoms with Crippen molar-refractivity contribution in [1.82, 2.24) is 0 Å². The van der Waals surface area contributed by atoms with Crippen molar-refractivity contribution in [3.63, 3.8) is 0 Å². The average Bonchev–Trinajstić information content (AvgIpc) is 2.70. The fraction of sp³-hybridized carbons (Fsp3) is 0.222. The molecule has 0 saturated carbocycles. The molecule has 9 nitrogen and oxygen atoms in total. The summed E-state index contributed by atoms with van der Waals surface area (Å²) in [6.45, 7) is -0.236. The molecule has 0 bridgehead atoms. The molecule has 2 aromatic carbocycles. The second kappa shape index (κ2) is 8.65. The van der Waals surface area contributed by atoms with E-state index >= 15 is 0 Å². The van der Waals surface area contributed by atoms with Gasteiger partial charge in [-0.3, -0.25) is 15.0 Å². The van der Waals surface area contributed by atoms with Gasteiger partial charge in [-0.2, -0.15) is 0 Å². The SMILES string of the molecule is COC(=O)N(C)c1ccccc1C(=O)OCc1cc([N+](=O)[O-])ccc1OC. The van der Waals surface area contributed by atoms with Crippen molar-refractivity contribution in [1.29, 1.82) is 0 Å². The van der Waals surface area contributed by atoms with E-state index in [1.807, 2.05) is 0 Å². The number of para-hydroxylation sites is 1. The van der Waals surface area contributed by atoms with Crippen molar-refractivity contribution in [3.05, 3.63) is 63.7 Å². The van der Waals surface area contributed by atoms with Crippen LogP contribution >= 0.6 is 0 Å². The number of esters is 1. The molecule has 0 heterocycles. The predicted octanol–water partition coefficient (Wildman–Crippen LogP) is 3.16. The first kappa shape index (κ1) is 19.7. The summed E-state index contributed by atoms with van der Waals surface area (Å²) in [6.07, 6.45) is -0.643. The molecule has 9 heteroatoms. The molecule has 0 N–H and O–H groups in total. The Kier molecular flexibility index (Phi) is 6.32. The van der Waals surface area contributed by atoms with Gasteiger partial charge in [-0.15, -0.1) is 0 Å². The van der Waals surface area contributed by atoms with E-state index in [2.05, 4.69) is 4.74 Å². The Hall–Kier alpha value is -3.62. The Morgan fingerprint density at radius 1 is 1.15 bits per heavy atom. The number of methoxy groups -OCH3 is 2. The maximum atomic E-state index is 12.5. The van der Waals surface area contributed by atoms with Crippen LogP contribution < -0.4 is 9.64 Å². The molecule has 0 spiro atoms. The molecule has 0 radical (unpaired) electrons.